The number of nitrogens with one attached hydrogen (secondary N) is 1. The van der Waals surface area contributed by atoms with Crippen LogP contribution in [-0.4, -0.2) is 35.6 Å². The van der Waals surface area contributed by atoms with Gasteiger partial charge >= 0.3 is 0 Å². The maximum atomic E-state index is 13.0. The van der Waals surface area contributed by atoms with Gasteiger partial charge in [0.25, 0.3) is 0 Å². The lowest BCUT2D eigenvalue weighted by Gasteiger charge is -2.28. The Kier molecular flexibility index (Phi) is 3.09. The zero-order chi connectivity index (χ0) is 13.6. The third-order valence-corrected chi connectivity index (χ3v) is 5.83. The van der Waals surface area contributed by atoms with E-state index in [4.69, 9.17) is 4.74 Å². The Bertz CT molecular complexity index is 490. The number of ether oxygens (including phenoxy) is 1. The Morgan fingerprint density at radius 2 is 2.25 bits per heavy atom. The molecule has 2 atom stereocenters. The standard InChI is InChI=1S/C15H20N2O2S/c18-14-15(6-1-2-7-15)16-13(12-4-3-9-20-12)17(14)11-5-8-19-10-11/h3-4,9,11,13,16H,1-2,5-8,10H2. The number of thiophene rings is 1. The second-order valence-electron chi connectivity index (χ2n) is 6.08. The average Bonchev–Trinajstić information content (AvgIpc) is 3.21. The molecule has 3 aliphatic rings. The summed E-state index contributed by atoms with van der Waals surface area (Å²) in [4.78, 5) is 16.4. The Balaban J connectivity index is 1.69. The highest BCUT2D eigenvalue weighted by molar-refractivity contribution is 7.10. The lowest BCUT2D eigenvalue weighted by molar-refractivity contribution is -0.135. The summed E-state index contributed by atoms with van der Waals surface area (Å²) < 4.78 is 5.52. The monoisotopic (exact) mass is 292 g/mol. The quantitative estimate of drug-likeness (QED) is 0.909. The van der Waals surface area contributed by atoms with E-state index in [0.717, 1.165) is 38.7 Å². The maximum absolute atomic E-state index is 13.0. The van der Waals surface area contributed by atoms with Crippen LogP contribution in [-0.2, 0) is 9.53 Å². The van der Waals surface area contributed by atoms with E-state index in [2.05, 4.69) is 27.7 Å². The van der Waals surface area contributed by atoms with Crippen molar-refractivity contribution >= 4 is 17.2 Å². The molecule has 1 aliphatic carbocycles. The fourth-order valence-corrected chi connectivity index (χ4v) is 4.64. The van der Waals surface area contributed by atoms with Crippen LogP contribution < -0.4 is 5.32 Å². The van der Waals surface area contributed by atoms with Gasteiger partial charge in [-0.15, -0.1) is 11.3 Å². The average molecular weight is 292 g/mol. The molecule has 0 bridgehead atoms. The third-order valence-electron chi connectivity index (χ3n) is 4.90. The number of amides is 1. The molecule has 3 heterocycles. The Morgan fingerprint density at radius 1 is 1.40 bits per heavy atom. The van der Waals surface area contributed by atoms with Crippen molar-refractivity contribution in [3.8, 4) is 0 Å². The molecule has 1 aromatic heterocycles. The van der Waals surface area contributed by atoms with E-state index in [1.54, 1.807) is 11.3 Å². The molecule has 3 fully saturated rings. The first-order chi connectivity index (χ1) is 9.80. The van der Waals surface area contributed by atoms with Crippen molar-refractivity contribution in [2.24, 2.45) is 0 Å². The first-order valence-electron chi connectivity index (χ1n) is 7.52. The minimum Gasteiger partial charge on any atom is -0.379 e. The van der Waals surface area contributed by atoms with Crippen LogP contribution >= 0.6 is 11.3 Å². The normalized spacial score (nSPS) is 32.6. The SMILES string of the molecule is O=C1N(C2CCOC2)C(c2cccs2)NC12CCCC2. The molecule has 4 rings (SSSR count). The molecule has 2 unspecified atom stereocenters. The Morgan fingerprint density at radius 3 is 2.90 bits per heavy atom. The van der Waals surface area contributed by atoms with E-state index in [1.807, 2.05) is 0 Å². The van der Waals surface area contributed by atoms with Crippen molar-refractivity contribution in [3.05, 3.63) is 22.4 Å². The van der Waals surface area contributed by atoms with Crippen molar-refractivity contribution in [1.82, 2.24) is 10.2 Å². The molecular weight excluding hydrogens is 272 g/mol. The number of nitrogens with zero attached hydrogens (tertiary/aromatic N) is 1. The summed E-state index contributed by atoms with van der Waals surface area (Å²) in [5.41, 5.74) is -0.294. The molecule has 2 aliphatic heterocycles. The minimum absolute atomic E-state index is 0.0484. The highest BCUT2D eigenvalue weighted by Crippen LogP contribution is 2.43. The molecule has 1 N–H and O–H groups in total. The summed E-state index contributed by atoms with van der Waals surface area (Å²) in [7, 11) is 0. The third kappa shape index (κ3) is 1.84. The van der Waals surface area contributed by atoms with Crippen molar-refractivity contribution in [2.45, 2.75) is 49.9 Å². The van der Waals surface area contributed by atoms with E-state index in [0.29, 0.717) is 12.5 Å². The summed E-state index contributed by atoms with van der Waals surface area (Å²) in [6, 6.07) is 4.43. The summed E-state index contributed by atoms with van der Waals surface area (Å²) in [6.07, 6.45) is 5.30. The molecule has 4 nitrogen and oxygen atoms in total. The summed E-state index contributed by atoms with van der Waals surface area (Å²) in [5.74, 6) is 0.309. The smallest absolute Gasteiger partial charge is 0.244 e. The van der Waals surface area contributed by atoms with Gasteiger partial charge in [-0.2, -0.15) is 0 Å². The fourth-order valence-electron chi connectivity index (χ4n) is 3.87. The number of carbonyl (C=O) groups excluding carboxylic acids is 1. The van der Waals surface area contributed by atoms with E-state index < -0.39 is 0 Å². The first kappa shape index (κ1) is 12.8. The van der Waals surface area contributed by atoms with Crippen LogP contribution in [0.15, 0.2) is 17.5 Å². The highest BCUT2D eigenvalue weighted by atomic mass is 32.1. The molecule has 1 amide bonds. The van der Waals surface area contributed by atoms with Crippen LogP contribution in [0.1, 0.15) is 43.1 Å². The largest absolute Gasteiger partial charge is 0.379 e. The van der Waals surface area contributed by atoms with Crippen molar-refractivity contribution < 1.29 is 9.53 Å². The van der Waals surface area contributed by atoms with Gasteiger partial charge in [-0.05, 0) is 30.7 Å². The van der Waals surface area contributed by atoms with Gasteiger partial charge in [0.2, 0.25) is 5.91 Å². The van der Waals surface area contributed by atoms with Crippen LogP contribution in [0.3, 0.4) is 0 Å². The van der Waals surface area contributed by atoms with Gasteiger partial charge in [0.1, 0.15) is 6.17 Å². The predicted molar refractivity (Wildman–Crippen MR) is 77.5 cm³/mol. The number of carbonyl (C=O) groups is 1. The Hall–Kier alpha value is -0.910. The lowest BCUT2D eigenvalue weighted by atomic mass is 9.97. The predicted octanol–water partition coefficient (Wildman–Crippen LogP) is 2.28. The van der Waals surface area contributed by atoms with Gasteiger partial charge in [-0.1, -0.05) is 18.9 Å². The van der Waals surface area contributed by atoms with E-state index in [-0.39, 0.29) is 17.7 Å². The van der Waals surface area contributed by atoms with Gasteiger partial charge in [0, 0.05) is 11.5 Å². The second-order valence-corrected chi connectivity index (χ2v) is 7.06. The van der Waals surface area contributed by atoms with Crippen molar-refractivity contribution in [3.63, 3.8) is 0 Å². The number of hydrogen-bond acceptors (Lipinski definition) is 4. The van der Waals surface area contributed by atoms with Crippen LogP contribution in [0.25, 0.3) is 0 Å². The molecule has 1 aromatic rings. The van der Waals surface area contributed by atoms with E-state index in [1.165, 1.54) is 4.88 Å². The minimum atomic E-state index is -0.294. The summed E-state index contributed by atoms with van der Waals surface area (Å²) in [6.45, 7) is 1.46. The molecule has 0 radical (unpaired) electrons. The van der Waals surface area contributed by atoms with Gasteiger partial charge in [0.05, 0.1) is 18.2 Å². The molecule has 108 valence electrons. The van der Waals surface area contributed by atoms with Crippen molar-refractivity contribution in [1.29, 1.82) is 0 Å². The van der Waals surface area contributed by atoms with Gasteiger partial charge in [-0.3, -0.25) is 10.1 Å². The molecule has 1 saturated carbocycles. The van der Waals surface area contributed by atoms with Crippen LogP contribution in [0.2, 0.25) is 0 Å². The van der Waals surface area contributed by atoms with Crippen molar-refractivity contribution in [2.75, 3.05) is 13.2 Å². The maximum Gasteiger partial charge on any atom is 0.244 e. The lowest BCUT2D eigenvalue weighted by Crippen LogP contribution is -2.45. The highest BCUT2D eigenvalue weighted by Gasteiger charge is 2.54. The molecule has 0 aromatic carbocycles. The number of rotatable bonds is 2. The zero-order valence-electron chi connectivity index (χ0n) is 11.5. The molecule has 20 heavy (non-hydrogen) atoms. The topological polar surface area (TPSA) is 41.6 Å². The van der Waals surface area contributed by atoms with Crippen LogP contribution in [0, 0.1) is 0 Å². The van der Waals surface area contributed by atoms with Crippen LogP contribution in [0.4, 0.5) is 0 Å². The molecule has 5 heteroatoms. The fraction of sp³-hybridized carbons (Fsp3) is 0.667. The molecule has 1 spiro atoms. The number of hydrogen-bond donors (Lipinski definition) is 1. The molecular formula is C15H20N2O2S. The Labute approximate surface area is 123 Å². The van der Waals surface area contributed by atoms with E-state index in [9.17, 15) is 4.79 Å². The summed E-state index contributed by atoms with van der Waals surface area (Å²) in [5, 5.41) is 5.76. The zero-order valence-corrected chi connectivity index (χ0v) is 12.3. The molecule has 2 saturated heterocycles. The van der Waals surface area contributed by atoms with Gasteiger partial charge < -0.3 is 9.64 Å². The van der Waals surface area contributed by atoms with Gasteiger partial charge in [-0.25, -0.2) is 0 Å². The first-order valence-corrected chi connectivity index (χ1v) is 8.40. The van der Waals surface area contributed by atoms with Gasteiger partial charge in [0.15, 0.2) is 0 Å². The van der Waals surface area contributed by atoms with Crippen LogP contribution in [0.5, 0.6) is 0 Å². The summed E-state index contributed by atoms with van der Waals surface area (Å²) >= 11 is 1.73. The van der Waals surface area contributed by atoms with E-state index >= 15 is 0 Å². The second kappa shape index (κ2) is 4.83.